The number of methoxy groups -OCH3 is 1. The van der Waals surface area contributed by atoms with Gasteiger partial charge < -0.3 is 15.8 Å². The Kier molecular flexibility index (Phi) is 5.54. The molecule has 0 aliphatic carbocycles. The van der Waals surface area contributed by atoms with Crippen LogP contribution in [0.4, 0.5) is 0 Å². The predicted molar refractivity (Wildman–Crippen MR) is 94.0 cm³/mol. The number of nitrogens with one attached hydrogen (secondary N) is 1. The Morgan fingerprint density at radius 2 is 2.30 bits per heavy atom. The Morgan fingerprint density at radius 3 is 3.00 bits per heavy atom. The number of fused-ring (bicyclic) bond motifs is 1. The Bertz CT molecular complexity index is 743. The zero-order chi connectivity index (χ0) is 16.8. The zero-order valence-corrected chi connectivity index (χ0v) is 13.8. The fourth-order valence-electron chi connectivity index (χ4n) is 2.26. The molecule has 0 saturated carbocycles. The van der Waals surface area contributed by atoms with Crippen molar-refractivity contribution in [1.82, 2.24) is 14.9 Å². The molecule has 0 aromatic carbocycles. The van der Waals surface area contributed by atoms with Crippen molar-refractivity contribution in [3.8, 4) is 0 Å². The molecule has 0 saturated heterocycles. The highest BCUT2D eigenvalue weighted by atomic mass is 16.5. The summed E-state index contributed by atoms with van der Waals surface area (Å²) in [6, 6.07) is 6.13. The molecule has 6 nitrogen and oxygen atoms in total. The number of nitrogens with two attached hydrogens (primary N) is 1. The SMILES string of the molecule is C=C(/N=C\C=C(/N)c1c(COC)nn2ccccc12)NC(C)C. The van der Waals surface area contributed by atoms with Gasteiger partial charge in [-0.15, -0.1) is 0 Å². The van der Waals surface area contributed by atoms with E-state index in [4.69, 9.17) is 10.5 Å². The third-order valence-electron chi connectivity index (χ3n) is 3.12. The number of aliphatic imine (C=N–C) groups is 1. The molecule has 0 unspecified atom stereocenters. The van der Waals surface area contributed by atoms with Gasteiger partial charge in [0.25, 0.3) is 0 Å². The molecule has 6 heteroatoms. The lowest BCUT2D eigenvalue weighted by atomic mass is 10.1. The van der Waals surface area contributed by atoms with Gasteiger partial charge in [0.2, 0.25) is 0 Å². The van der Waals surface area contributed by atoms with E-state index >= 15 is 0 Å². The average Bonchev–Trinajstić information content (AvgIpc) is 2.84. The molecule has 0 bridgehead atoms. The highest BCUT2D eigenvalue weighted by molar-refractivity contribution is 5.88. The monoisotopic (exact) mass is 313 g/mol. The Morgan fingerprint density at radius 1 is 1.52 bits per heavy atom. The van der Waals surface area contributed by atoms with Gasteiger partial charge in [-0.05, 0) is 32.1 Å². The van der Waals surface area contributed by atoms with Gasteiger partial charge in [-0.3, -0.25) is 0 Å². The van der Waals surface area contributed by atoms with Crippen LogP contribution in [-0.2, 0) is 11.3 Å². The van der Waals surface area contributed by atoms with Crippen LogP contribution in [0, 0.1) is 0 Å². The molecule has 2 rings (SSSR count). The van der Waals surface area contributed by atoms with E-state index < -0.39 is 0 Å². The lowest BCUT2D eigenvalue weighted by Gasteiger charge is -2.07. The standard InChI is InChI=1S/C17H23N5O/c1-12(2)20-13(3)19-9-8-14(18)17-15(11-23-4)21-22-10-6-5-7-16(17)22/h5-10,12,20H,3,11,18H2,1-2,4H3/b14-8-,19-9-. The minimum Gasteiger partial charge on any atom is -0.398 e. The Labute approximate surface area is 136 Å². The highest BCUT2D eigenvalue weighted by Crippen LogP contribution is 2.21. The van der Waals surface area contributed by atoms with Crippen molar-refractivity contribution < 1.29 is 4.74 Å². The van der Waals surface area contributed by atoms with E-state index in [1.165, 1.54) is 0 Å². The van der Waals surface area contributed by atoms with Crippen molar-refractivity contribution in [3.63, 3.8) is 0 Å². The Balaban J connectivity index is 2.30. The first-order valence-electron chi connectivity index (χ1n) is 7.43. The van der Waals surface area contributed by atoms with Crippen LogP contribution in [0.15, 0.2) is 47.9 Å². The minimum absolute atomic E-state index is 0.286. The van der Waals surface area contributed by atoms with E-state index in [1.54, 1.807) is 23.9 Å². The van der Waals surface area contributed by atoms with Crippen LogP contribution >= 0.6 is 0 Å². The largest absolute Gasteiger partial charge is 0.398 e. The smallest absolute Gasteiger partial charge is 0.118 e. The second-order valence-electron chi connectivity index (χ2n) is 5.43. The summed E-state index contributed by atoms with van der Waals surface area (Å²) in [4.78, 5) is 4.22. The van der Waals surface area contributed by atoms with Crippen molar-refractivity contribution in [2.24, 2.45) is 10.7 Å². The van der Waals surface area contributed by atoms with Crippen molar-refractivity contribution >= 4 is 17.4 Å². The minimum atomic E-state index is 0.286. The van der Waals surface area contributed by atoms with Crippen molar-refractivity contribution in [2.45, 2.75) is 26.5 Å². The fraction of sp³-hybridized carbons (Fsp3) is 0.294. The second-order valence-corrected chi connectivity index (χ2v) is 5.43. The lowest BCUT2D eigenvalue weighted by Crippen LogP contribution is -2.20. The van der Waals surface area contributed by atoms with E-state index in [0.29, 0.717) is 18.1 Å². The van der Waals surface area contributed by atoms with Crippen LogP contribution in [-0.4, -0.2) is 29.0 Å². The van der Waals surface area contributed by atoms with Gasteiger partial charge in [-0.2, -0.15) is 5.10 Å². The van der Waals surface area contributed by atoms with Crippen LogP contribution in [0.3, 0.4) is 0 Å². The van der Waals surface area contributed by atoms with Crippen molar-refractivity contribution in [2.75, 3.05) is 7.11 Å². The molecule has 2 aromatic rings. The summed E-state index contributed by atoms with van der Waals surface area (Å²) in [5, 5.41) is 7.62. The number of ether oxygens (including phenoxy) is 1. The third kappa shape index (κ3) is 4.20. The van der Waals surface area contributed by atoms with E-state index in [9.17, 15) is 0 Å². The summed E-state index contributed by atoms with van der Waals surface area (Å²) in [6.45, 7) is 8.29. The quantitative estimate of drug-likeness (QED) is 0.769. The maximum atomic E-state index is 6.23. The molecule has 2 aromatic heterocycles. The maximum absolute atomic E-state index is 6.23. The summed E-state index contributed by atoms with van der Waals surface area (Å²) >= 11 is 0. The molecule has 3 N–H and O–H groups in total. The molecule has 0 amide bonds. The zero-order valence-electron chi connectivity index (χ0n) is 13.8. The van der Waals surface area contributed by atoms with Crippen LogP contribution in [0.5, 0.6) is 0 Å². The number of nitrogens with zero attached hydrogens (tertiary/aromatic N) is 3. The summed E-state index contributed by atoms with van der Waals surface area (Å²) in [5.74, 6) is 0.598. The van der Waals surface area contributed by atoms with Gasteiger partial charge in [0.05, 0.1) is 17.8 Å². The Hall–Kier alpha value is -2.60. The van der Waals surface area contributed by atoms with Gasteiger partial charge in [-0.1, -0.05) is 12.6 Å². The van der Waals surface area contributed by atoms with Gasteiger partial charge in [0.1, 0.15) is 5.82 Å². The van der Waals surface area contributed by atoms with Crippen molar-refractivity contribution in [3.05, 3.63) is 54.1 Å². The molecule has 0 spiro atoms. The first-order chi connectivity index (χ1) is 11.0. The second kappa shape index (κ2) is 7.60. The number of hydrogen-bond donors (Lipinski definition) is 2. The number of hydrogen-bond acceptors (Lipinski definition) is 5. The van der Waals surface area contributed by atoms with Crippen LogP contribution in [0.1, 0.15) is 25.1 Å². The predicted octanol–water partition coefficient (Wildman–Crippen LogP) is 2.32. The lowest BCUT2D eigenvalue weighted by molar-refractivity contribution is 0.181. The number of rotatable bonds is 7. The fourth-order valence-corrected chi connectivity index (χ4v) is 2.26. The summed E-state index contributed by atoms with van der Waals surface area (Å²) in [5.41, 5.74) is 9.40. The van der Waals surface area contributed by atoms with E-state index in [0.717, 1.165) is 16.8 Å². The van der Waals surface area contributed by atoms with E-state index in [1.807, 2.05) is 38.2 Å². The molecule has 122 valence electrons. The maximum Gasteiger partial charge on any atom is 0.118 e. The number of aromatic nitrogens is 2. The molecule has 0 radical (unpaired) electrons. The first-order valence-corrected chi connectivity index (χ1v) is 7.43. The molecule has 0 atom stereocenters. The highest BCUT2D eigenvalue weighted by Gasteiger charge is 2.13. The average molecular weight is 313 g/mol. The first kappa shape index (κ1) is 16.8. The van der Waals surface area contributed by atoms with Crippen LogP contribution < -0.4 is 11.1 Å². The molecule has 0 fully saturated rings. The molecular weight excluding hydrogens is 290 g/mol. The van der Waals surface area contributed by atoms with Gasteiger partial charge in [0, 0.05) is 36.8 Å². The third-order valence-corrected chi connectivity index (χ3v) is 3.12. The number of allylic oxidation sites excluding steroid dienone is 1. The molecular formula is C17H23N5O. The molecule has 23 heavy (non-hydrogen) atoms. The summed E-state index contributed by atoms with van der Waals surface area (Å²) in [7, 11) is 1.64. The normalized spacial score (nSPS) is 12.4. The van der Waals surface area contributed by atoms with Gasteiger partial charge in [0.15, 0.2) is 0 Å². The van der Waals surface area contributed by atoms with Gasteiger partial charge >= 0.3 is 0 Å². The molecule has 2 heterocycles. The summed E-state index contributed by atoms with van der Waals surface area (Å²) < 4.78 is 7.01. The van der Waals surface area contributed by atoms with E-state index in [-0.39, 0.29) is 6.04 Å². The number of pyridine rings is 1. The van der Waals surface area contributed by atoms with E-state index in [2.05, 4.69) is 22.0 Å². The van der Waals surface area contributed by atoms with Crippen LogP contribution in [0.25, 0.3) is 11.2 Å². The van der Waals surface area contributed by atoms with Crippen LogP contribution in [0.2, 0.25) is 0 Å². The van der Waals surface area contributed by atoms with Crippen molar-refractivity contribution in [1.29, 1.82) is 0 Å². The summed E-state index contributed by atoms with van der Waals surface area (Å²) in [6.07, 6.45) is 5.26. The van der Waals surface area contributed by atoms with Gasteiger partial charge in [-0.25, -0.2) is 9.51 Å². The topological polar surface area (TPSA) is 76.9 Å². The molecule has 0 aliphatic heterocycles. The molecule has 0 aliphatic rings.